The molecular formula is C9H11ClO3. The molecule has 13 heavy (non-hydrogen) atoms. The lowest BCUT2D eigenvalue weighted by Crippen LogP contribution is -1.95. The number of benzene rings is 1. The molecule has 0 amide bonds. The molecule has 4 heteroatoms. The second kappa shape index (κ2) is 4.23. The van der Waals surface area contributed by atoms with Crippen molar-refractivity contribution in [3.05, 3.63) is 17.7 Å². The van der Waals surface area contributed by atoms with E-state index in [9.17, 15) is 5.11 Å². The molecule has 0 saturated heterocycles. The molecule has 0 saturated carbocycles. The molecule has 2 N–H and O–H groups in total. The number of phenols is 2. The molecule has 1 aromatic carbocycles. The number of phenolic OH excluding ortho intramolecular Hbond substituents is 2. The summed E-state index contributed by atoms with van der Waals surface area (Å²) in [7, 11) is 0. The highest BCUT2D eigenvalue weighted by molar-refractivity contribution is 6.17. The maximum absolute atomic E-state index is 9.39. The third-order valence-corrected chi connectivity index (χ3v) is 1.92. The number of aromatic hydroxyl groups is 2. The van der Waals surface area contributed by atoms with E-state index < -0.39 is 0 Å². The Bertz CT molecular complexity index is 299. The van der Waals surface area contributed by atoms with Gasteiger partial charge in [0.25, 0.3) is 0 Å². The SMILES string of the molecule is CCOc1ccc(O)c(O)c1CCl. The first-order valence-electron chi connectivity index (χ1n) is 3.93. The van der Waals surface area contributed by atoms with Crippen LogP contribution in [0.15, 0.2) is 12.1 Å². The minimum Gasteiger partial charge on any atom is -0.504 e. The van der Waals surface area contributed by atoms with Crippen LogP contribution in [0.5, 0.6) is 17.2 Å². The minimum absolute atomic E-state index is 0.107. The number of ether oxygens (including phenoxy) is 1. The van der Waals surface area contributed by atoms with Crippen LogP contribution in [0.2, 0.25) is 0 Å². The first kappa shape index (κ1) is 9.99. The standard InChI is InChI=1S/C9H11ClO3/c1-2-13-8-4-3-7(11)9(12)6(8)5-10/h3-4,11-12H,2,5H2,1H3. The van der Waals surface area contributed by atoms with Gasteiger partial charge in [-0.15, -0.1) is 11.6 Å². The van der Waals surface area contributed by atoms with Gasteiger partial charge in [0.1, 0.15) is 5.75 Å². The summed E-state index contributed by atoms with van der Waals surface area (Å²) >= 11 is 5.59. The summed E-state index contributed by atoms with van der Waals surface area (Å²) in [6.07, 6.45) is 0. The molecule has 3 nitrogen and oxygen atoms in total. The lowest BCUT2D eigenvalue weighted by atomic mass is 10.2. The highest BCUT2D eigenvalue weighted by Crippen LogP contribution is 2.36. The third kappa shape index (κ3) is 1.98. The van der Waals surface area contributed by atoms with E-state index in [1.165, 1.54) is 6.07 Å². The van der Waals surface area contributed by atoms with Gasteiger partial charge in [-0.05, 0) is 19.1 Å². The fraction of sp³-hybridized carbons (Fsp3) is 0.333. The fourth-order valence-electron chi connectivity index (χ4n) is 1.03. The lowest BCUT2D eigenvalue weighted by molar-refractivity contribution is 0.330. The first-order chi connectivity index (χ1) is 6.20. The fourth-order valence-corrected chi connectivity index (χ4v) is 1.28. The van der Waals surface area contributed by atoms with Crippen molar-refractivity contribution in [2.24, 2.45) is 0 Å². The zero-order valence-corrected chi connectivity index (χ0v) is 8.01. The van der Waals surface area contributed by atoms with Crippen LogP contribution in [0, 0.1) is 0 Å². The number of alkyl halides is 1. The number of halogens is 1. The third-order valence-electron chi connectivity index (χ3n) is 1.65. The minimum atomic E-state index is -0.207. The van der Waals surface area contributed by atoms with E-state index in [0.717, 1.165) is 0 Å². The molecule has 0 aliphatic carbocycles. The van der Waals surface area contributed by atoms with Crippen molar-refractivity contribution in [3.8, 4) is 17.2 Å². The molecule has 0 aliphatic heterocycles. The zero-order valence-electron chi connectivity index (χ0n) is 7.25. The molecule has 1 aromatic rings. The Balaban J connectivity index is 3.13. The molecule has 0 fully saturated rings. The number of hydrogen-bond acceptors (Lipinski definition) is 3. The zero-order chi connectivity index (χ0) is 9.84. The van der Waals surface area contributed by atoms with Crippen LogP contribution in [0.1, 0.15) is 12.5 Å². The first-order valence-corrected chi connectivity index (χ1v) is 4.46. The van der Waals surface area contributed by atoms with Crippen molar-refractivity contribution in [1.29, 1.82) is 0 Å². The largest absolute Gasteiger partial charge is 0.504 e. The van der Waals surface area contributed by atoms with Gasteiger partial charge in [-0.3, -0.25) is 0 Å². The second-order valence-corrected chi connectivity index (χ2v) is 2.74. The second-order valence-electron chi connectivity index (χ2n) is 2.48. The predicted molar refractivity (Wildman–Crippen MR) is 50.5 cm³/mol. The Hall–Kier alpha value is -1.09. The van der Waals surface area contributed by atoms with Gasteiger partial charge in [0.15, 0.2) is 11.5 Å². The molecule has 0 aliphatic rings. The quantitative estimate of drug-likeness (QED) is 0.584. The van der Waals surface area contributed by atoms with Crippen molar-refractivity contribution in [3.63, 3.8) is 0 Å². The topological polar surface area (TPSA) is 49.7 Å². The summed E-state index contributed by atoms with van der Waals surface area (Å²) in [5.74, 6) is 0.225. The van der Waals surface area contributed by atoms with Crippen LogP contribution in [0.25, 0.3) is 0 Å². The number of hydrogen-bond donors (Lipinski definition) is 2. The van der Waals surface area contributed by atoms with Crippen LogP contribution in [0.4, 0.5) is 0 Å². The van der Waals surface area contributed by atoms with Crippen LogP contribution in [-0.4, -0.2) is 16.8 Å². The van der Waals surface area contributed by atoms with Crippen molar-refractivity contribution < 1.29 is 14.9 Å². The lowest BCUT2D eigenvalue weighted by Gasteiger charge is -2.10. The van der Waals surface area contributed by atoms with E-state index in [4.69, 9.17) is 21.4 Å². The Morgan fingerprint density at radius 2 is 2.08 bits per heavy atom. The molecular weight excluding hydrogens is 192 g/mol. The van der Waals surface area contributed by atoms with Crippen LogP contribution >= 0.6 is 11.6 Å². The maximum atomic E-state index is 9.39. The normalized spacial score (nSPS) is 10.0. The Kier molecular flexibility index (Phi) is 3.25. The van der Waals surface area contributed by atoms with Crippen molar-refractivity contribution >= 4 is 11.6 Å². The molecule has 1 rings (SSSR count). The Labute approximate surface area is 81.5 Å². The van der Waals surface area contributed by atoms with Gasteiger partial charge in [-0.1, -0.05) is 0 Å². The Morgan fingerprint density at radius 1 is 1.38 bits per heavy atom. The summed E-state index contributed by atoms with van der Waals surface area (Å²) < 4.78 is 5.21. The molecule has 72 valence electrons. The van der Waals surface area contributed by atoms with E-state index >= 15 is 0 Å². The van der Waals surface area contributed by atoms with Gasteiger partial charge < -0.3 is 14.9 Å². The summed E-state index contributed by atoms with van der Waals surface area (Å²) in [6.45, 7) is 2.33. The highest BCUT2D eigenvalue weighted by atomic mass is 35.5. The summed E-state index contributed by atoms with van der Waals surface area (Å²) in [5, 5.41) is 18.6. The summed E-state index contributed by atoms with van der Waals surface area (Å²) in [5.41, 5.74) is 0.420. The van der Waals surface area contributed by atoms with Gasteiger partial charge in [0.05, 0.1) is 18.1 Å². The van der Waals surface area contributed by atoms with Crippen LogP contribution < -0.4 is 4.74 Å². The smallest absolute Gasteiger partial charge is 0.165 e. The van der Waals surface area contributed by atoms with E-state index in [-0.39, 0.29) is 17.4 Å². The van der Waals surface area contributed by atoms with Crippen molar-refractivity contribution in [2.45, 2.75) is 12.8 Å². The monoisotopic (exact) mass is 202 g/mol. The van der Waals surface area contributed by atoms with E-state index in [2.05, 4.69) is 0 Å². The number of rotatable bonds is 3. The van der Waals surface area contributed by atoms with Crippen LogP contribution in [0.3, 0.4) is 0 Å². The van der Waals surface area contributed by atoms with E-state index in [1.807, 2.05) is 6.92 Å². The highest BCUT2D eigenvalue weighted by Gasteiger charge is 2.11. The summed E-state index contributed by atoms with van der Waals surface area (Å²) in [4.78, 5) is 0. The predicted octanol–water partition coefficient (Wildman–Crippen LogP) is 2.24. The molecule has 0 heterocycles. The van der Waals surface area contributed by atoms with Crippen molar-refractivity contribution in [1.82, 2.24) is 0 Å². The van der Waals surface area contributed by atoms with Crippen LogP contribution in [-0.2, 0) is 5.88 Å². The maximum Gasteiger partial charge on any atom is 0.165 e. The molecule has 0 spiro atoms. The van der Waals surface area contributed by atoms with Gasteiger partial charge in [-0.25, -0.2) is 0 Å². The van der Waals surface area contributed by atoms with Gasteiger partial charge in [0.2, 0.25) is 0 Å². The summed E-state index contributed by atoms with van der Waals surface area (Å²) in [6, 6.07) is 2.95. The molecule has 0 unspecified atom stereocenters. The Morgan fingerprint density at radius 3 is 2.62 bits per heavy atom. The van der Waals surface area contributed by atoms with Gasteiger partial charge in [0, 0.05) is 0 Å². The molecule has 0 aromatic heterocycles. The van der Waals surface area contributed by atoms with Gasteiger partial charge in [-0.2, -0.15) is 0 Å². The van der Waals surface area contributed by atoms with E-state index in [1.54, 1.807) is 6.07 Å². The molecule has 0 radical (unpaired) electrons. The molecule has 0 bridgehead atoms. The average Bonchev–Trinajstić information content (AvgIpc) is 2.12. The molecule has 0 atom stereocenters. The van der Waals surface area contributed by atoms with Gasteiger partial charge >= 0.3 is 0 Å². The van der Waals surface area contributed by atoms with Crippen molar-refractivity contribution in [2.75, 3.05) is 6.61 Å². The average molecular weight is 203 g/mol. The van der Waals surface area contributed by atoms with E-state index in [0.29, 0.717) is 17.9 Å².